The molecule has 0 fully saturated rings. The summed E-state index contributed by atoms with van der Waals surface area (Å²) in [7, 11) is 0. The second-order valence-electron chi connectivity index (χ2n) is 3.76. The predicted octanol–water partition coefficient (Wildman–Crippen LogP) is 0.777. The van der Waals surface area contributed by atoms with Crippen molar-refractivity contribution in [2.24, 2.45) is 5.73 Å². The van der Waals surface area contributed by atoms with Crippen LogP contribution in [-0.2, 0) is 4.79 Å². The molecule has 6 nitrogen and oxygen atoms in total. The Hall–Kier alpha value is -2.08. The van der Waals surface area contributed by atoms with Crippen LogP contribution in [0.4, 0.5) is 5.95 Å². The van der Waals surface area contributed by atoms with Gasteiger partial charge in [0.15, 0.2) is 0 Å². The number of para-hydroxylation sites is 2. The van der Waals surface area contributed by atoms with Gasteiger partial charge in [0, 0.05) is 6.54 Å². The van der Waals surface area contributed by atoms with E-state index >= 15 is 0 Å². The van der Waals surface area contributed by atoms with Crippen molar-refractivity contribution in [2.45, 2.75) is 12.5 Å². The van der Waals surface area contributed by atoms with Crippen molar-refractivity contribution in [1.29, 1.82) is 0 Å². The molecule has 17 heavy (non-hydrogen) atoms. The van der Waals surface area contributed by atoms with Crippen LogP contribution in [-0.4, -0.2) is 33.6 Å². The van der Waals surface area contributed by atoms with Gasteiger partial charge in [0.2, 0.25) is 5.95 Å². The summed E-state index contributed by atoms with van der Waals surface area (Å²) in [5.74, 6) is -0.361. The van der Waals surface area contributed by atoms with Gasteiger partial charge in [-0.05, 0) is 18.6 Å². The van der Waals surface area contributed by atoms with Crippen LogP contribution in [0.2, 0.25) is 0 Å². The molecule has 0 saturated carbocycles. The summed E-state index contributed by atoms with van der Waals surface area (Å²) in [4.78, 5) is 17.9. The van der Waals surface area contributed by atoms with Gasteiger partial charge in [0.1, 0.15) is 6.04 Å². The Kier molecular flexibility index (Phi) is 3.24. The molecule has 90 valence electrons. The van der Waals surface area contributed by atoms with Crippen molar-refractivity contribution < 1.29 is 9.90 Å². The number of H-pyrrole nitrogens is 1. The number of carboxylic acids is 1. The van der Waals surface area contributed by atoms with Crippen LogP contribution in [0.15, 0.2) is 24.3 Å². The summed E-state index contributed by atoms with van der Waals surface area (Å²) in [6.07, 6.45) is 0.354. The topological polar surface area (TPSA) is 104 Å². The third-order valence-electron chi connectivity index (χ3n) is 2.45. The summed E-state index contributed by atoms with van der Waals surface area (Å²) in [5, 5.41) is 11.6. The number of nitrogens with zero attached hydrogens (tertiary/aromatic N) is 1. The Balaban J connectivity index is 1.93. The van der Waals surface area contributed by atoms with E-state index in [1.54, 1.807) is 0 Å². The smallest absolute Gasteiger partial charge is 0.320 e. The fourth-order valence-corrected chi connectivity index (χ4v) is 1.51. The average molecular weight is 234 g/mol. The minimum Gasteiger partial charge on any atom is -0.480 e. The van der Waals surface area contributed by atoms with Crippen LogP contribution in [0.3, 0.4) is 0 Å². The zero-order chi connectivity index (χ0) is 12.3. The molecular weight excluding hydrogens is 220 g/mol. The van der Waals surface area contributed by atoms with Crippen molar-refractivity contribution in [3.63, 3.8) is 0 Å². The average Bonchev–Trinajstić information content (AvgIpc) is 2.71. The van der Waals surface area contributed by atoms with E-state index in [0.717, 1.165) is 11.0 Å². The van der Waals surface area contributed by atoms with Crippen LogP contribution in [0.5, 0.6) is 0 Å². The number of anilines is 1. The number of nitrogens with one attached hydrogen (secondary N) is 2. The largest absolute Gasteiger partial charge is 0.480 e. The molecule has 0 amide bonds. The molecule has 0 bridgehead atoms. The number of rotatable bonds is 5. The number of aromatic amines is 1. The molecule has 2 rings (SSSR count). The van der Waals surface area contributed by atoms with Crippen LogP contribution < -0.4 is 11.1 Å². The maximum Gasteiger partial charge on any atom is 0.320 e. The van der Waals surface area contributed by atoms with E-state index in [2.05, 4.69) is 15.3 Å². The summed E-state index contributed by atoms with van der Waals surface area (Å²) in [6.45, 7) is 0.466. The molecule has 0 spiro atoms. The molecule has 0 aliphatic heterocycles. The van der Waals surface area contributed by atoms with E-state index in [-0.39, 0.29) is 0 Å². The van der Waals surface area contributed by atoms with Gasteiger partial charge < -0.3 is 21.1 Å². The molecule has 2 aromatic rings. The number of carboxylic acid groups (broad SMARTS) is 1. The molecule has 1 heterocycles. The number of nitrogens with two attached hydrogens (primary N) is 1. The van der Waals surface area contributed by atoms with Crippen LogP contribution in [0, 0.1) is 0 Å². The summed E-state index contributed by atoms with van der Waals surface area (Å²) >= 11 is 0. The maximum absolute atomic E-state index is 10.5. The highest BCUT2D eigenvalue weighted by atomic mass is 16.4. The summed E-state index contributed by atoms with van der Waals surface area (Å²) in [6, 6.07) is 6.82. The first-order chi connectivity index (χ1) is 8.16. The third-order valence-corrected chi connectivity index (χ3v) is 2.45. The van der Waals surface area contributed by atoms with E-state index < -0.39 is 12.0 Å². The fourth-order valence-electron chi connectivity index (χ4n) is 1.51. The minimum atomic E-state index is -0.989. The molecule has 0 aliphatic rings. The standard InChI is InChI=1S/C11H14N4O2/c12-7(10(16)17)5-6-13-11-14-8-3-1-2-4-9(8)15-11/h1-4,7H,5-6,12H2,(H,16,17)(H2,13,14,15). The number of aliphatic carboxylic acids is 1. The van der Waals surface area contributed by atoms with Crippen LogP contribution in [0.1, 0.15) is 6.42 Å². The molecular formula is C11H14N4O2. The number of benzene rings is 1. The van der Waals surface area contributed by atoms with Gasteiger partial charge in [0.05, 0.1) is 11.0 Å². The first kappa shape index (κ1) is 11.4. The Morgan fingerprint density at radius 1 is 1.53 bits per heavy atom. The van der Waals surface area contributed by atoms with Gasteiger partial charge in [-0.3, -0.25) is 4.79 Å². The molecule has 1 aromatic carbocycles. The van der Waals surface area contributed by atoms with E-state index in [9.17, 15) is 4.79 Å². The highest BCUT2D eigenvalue weighted by Crippen LogP contribution is 2.12. The quantitative estimate of drug-likeness (QED) is 0.612. The van der Waals surface area contributed by atoms with Gasteiger partial charge in [0.25, 0.3) is 0 Å². The SMILES string of the molecule is NC(CCNc1nc2ccccc2[nH]1)C(=O)O. The van der Waals surface area contributed by atoms with E-state index in [4.69, 9.17) is 10.8 Å². The van der Waals surface area contributed by atoms with Crippen LogP contribution >= 0.6 is 0 Å². The first-order valence-corrected chi connectivity index (χ1v) is 5.34. The van der Waals surface area contributed by atoms with E-state index in [1.807, 2.05) is 24.3 Å². The van der Waals surface area contributed by atoms with Gasteiger partial charge in [-0.2, -0.15) is 0 Å². The van der Waals surface area contributed by atoms with Gasteiger partial charge >= 0.3 is 5.97 Å². The Labute approximate surface area is 97.8 Å². The third kappa shape index (κ3) is 2.73. The Bertz CT molecular complexity index is 490. The fraction of sp³-hybridized carbons (Fsp3) is 0.273. The van der Waals surface area contributed by atoms with E-state index in [0.29, 0.717) is 18.9 Å². The lowest BCUT2D eigenvalue weighted by atomic mass is 10.2. The van der Waals surface area contributed by atoms with Crippen molar-refractivity contribution in [1.82, 2.24) is 9.97 Å². The van der Waals surface area contributed by atoms with Gasteiger partial charge in [-0.1, -0.05) is 12.1 Å². The van der Waals surface area contributed by atoms with Crippen molar-refractivity contribution in [3.8, 4) is 0 Å². The number of carbonyl (C=O) groups is 1. The van der Waals surface area contributed by atoms with E-state index in [1.165, 1.54) is 0 Å². The summed E-state index contributed by atoms with van der Waals surface area (Å²) in [5.41, 5.74) is 7.20. The maximum atomic E-state index is 10.5. The van der Waals surface area contributed by atoms with Crippen molar-refractivity contribution in [3.05, 3.63) is 24.3 Å². The minimum absolute atomic E-state index is 0.354. The lowest BCUT2D eigenvalue weighted by Crippen LogP contribution is -2.32. The number of fused-ring (bicyclic) bond motifs is 1. The molecule has 6 heteroatoms. The van der Waals surface area contributed by atoms with Gasteiger partial charge in [-0.15, -0.1) is 0 Å². The molecule has 0 saturated heterocycles. The highest BCUT2D eigenvalue weighted by Gasteiger charge is 2.10. The first-order valence-electron chi connectivity index (χ1n) is 5.34. The predicted molar refractivity (Wildman–Crippen MR) is 64.8 cm³/mol. The monoisotopic (exact) mass is 234 g/mol. The molecule has 1 atom stereocenters. The zero-order valence-corrected chi connectivity index (χ0v) is 9.18. The molecule has 5 N–H and O–H groups in total. The Morgan fingerprint density at radius 2 is 2.29 bits per heavy atom. The molecule has 1 unspecified atom stereocenters. The van der Waals surface area contributed by atoms with Crippen LogP contribution in [0.25, 0.3) is 11.0 Å². The molecule has 1 aromatic heterocycles. The second-order valence-corrected chi connectivity index (χ2v) is 3.76. The van der Waals surface area contributed by atoms with Crippen molar-refractivity contribution in [2.75, 3.05) is 11.9 Å². The zero-order valence-electron chi connectivity index (χ0n) is 9.18. The van der Waals surface area contributed by atoms with Crippen molar-refractivity contribution >= 4 is 23.0 Å². The number of hydrogen-bond donors (Lipinski definition) is 4. The lowest BCUT2D eigenvalue weighted by Gasteiger charge is -2.06. The lowest BCUT2D eigenvalue weighted by molar-refractivity contribution is -0.138. The number of imidazole rings is 1. The molecule has 0 aliphatic carbocycles. The normalized spacial score (nSPS) is 12.5. The summed E-state index contributed by atoms with van der Waals surface area (Å²) < 4.78 is 0. The number of aromatic nitrogens is 2. The second kappa shape index (κ2) is 4.84. The highest BCUT2D eigenvalue weighted by molar-refractivity contribution is 5.77. The Morgan fingerprint density at radius 3 is 3.00 bits per heavy atom. The molecule has 0 radical (unpaired) electrons. The number of hydrogen-bond acceptors (Lipinski definition) is 4. The van der Waals surface area contributed by atoms with Gasteiger partial charge in [-0.25, -0.2) is 4.98 Å².